The van der Waals surface area contributed by atoms with E-state index >= 15 is 0 Å². The number of nitrogens with zero attached hydrogens (tertiary/aromatic N) is 3. The van der Waals surface area contributed by atoms with Gasteiger partial charge in [0.25, 0.3) is 0 Å². The first-order valence-electron chi connectivity index (χ1n) is 9.37. The molecule has 0 N–H and O–H groups in total. The van der Waals surface area contributed by atoms with Gasteiger partial charge in [0.05, 0.1) is 29.6 Å². The fourth-order valence-corrected chi connectivity index (χ4v) is 3.05. The number of esters is 1. The lowest BCUT2D eigenvalue weighted by Gasteiger charge is -2.12. The minimum atomic E-state index is -0.470. The van der Waals surface area contributed by atoms with E-state index in [4.69, 9.17) is 18.7 Å². The summed E-state index contributed by atoms with van der Waals surface area (Å²) in [5.74, 6) is 1.18. The van der Waals surface area contributed by atoms with Crippen molar-refractivity contribution < 1.29 is 23.5 Å². The monoisotopic (exact) mass is 407 g/mol. The van der Waals surface area contributed by atoms with Gasteiger partial charge in [-0.2, -0.15) is 0 Å². The van der Waals surface area contributed by atoms with Gasteiger partial charge in [-0.1, -0.05) is 11.2 Å². The summed E-state index contributed by atoms with van der Waals surface area (Å²) < 4.78 is 23.6. The average molecular weight is 407 g/mol. The van der Waals surface area contributed by atoms with Crippen molar-refractivity contribution >= 4 is 11.6 Å². The number of aromatic nitrogens is 3. The summed E-state index contributed by atoms with van der Waals surface area (Å²) in [4.78, 5) is 16.9. The zero-order valence-corrected chi connectivity index (χ0v) is 16.9. The molecule has 3 aromatic heterocycles. The van der Waals surface area contributed by atoms with Crippen molar-refractivity contribution in [2.45, 2.75) is 27.1 Å². The second-order valence-corrected chi connectivity index (χ2v) is 6.73. The number of pyridine rings is 1. The number of benzene rings is 1. The molecule has 0 saturated carbocycles. The number of rotatable bonds is 7. The first-order chi connectivity index (χ1) is 14.5. The fraction of sp³-hybridized carbons (Fsp3) is 0.227. The van der Waals surface area contributed by atoms with Gasteiger partial charge in [-0.25, -0.2) is 9.78 Å². The molecule has 0 spiro atoms. The molecule has 8 nitrogen and oxygen atoms in total. The van der Waals surface area contributed by atoms with Crippen LogP contribution >= 0.6 is 0 Å². The van der Waals surface area contributed by atoms with Crippen LogP contribution in [0.15, 0.2) is 53.3 Å². The summed E-state index contributed by atoms with van der Waals surface area (Å²) in [6.45, 7) is 4.05. The molecule has 3 heterocycles. The van der Waals surface area contributed by atoms with Gasteiger partial charge in [-0.15, -0.1) is 0 Å². The van der Waals surface area contributed by atoms with Crippen molar-refractivity contribution in [1.82, 2.24) is 14.5 Å². The first kappa shape index (κ1) is 19.5. The zero-order chi connectivity index (χ0) is 21.1. The summed E-state index contributed by atoms with van der Waals surface area (Å²) in [5.41, 5.74) is 3.48. The highest BCUT2D eigenvalue weighted by Gasteiger charge is 2.15. The number of fused-ring (bicyclic) bond motifs is 1. The molecule has 1 aromatic carbocycles. The van der Waals surface area contributed by atoms with Crippen molar-refractivity contribution in [2.75, 3.05) is 7.11 Å². The molecule has 0 atom stereocenters. The van der Waals surface area contributed by atoms with Crippen LogP contribution in [0.2, 0.25) is 0 Å². The second kappa shape index (κ2) is 8.28. The molecule has 0 fully saturated rings. The van der Waals surface area contributed by atoms with Gasteiger partial charge in [-0.3, -0.25) is 0 Å². The highest BCUT2D eigenvalue weighted by atomic mass is 16.5. The average Bonchev–Trinajstić information content (AvgIpc) is 3.32. The summed E-state index contributed by atoms with van der Waals surface area (Å²) >= 11 is 0. The maximum absolute atomic E-state index is 12.5. The third-order valence-corrected chi connectivity index (χ3v) is 4.72. The third-order valence-electron chi connectivity index (χ3n) is 4.72. The molecule has 30 heavy (non-hydrogen) atoms. The molecule has 0 amide bonds. The van der Waals surface area contributed by atoms with Crippen LogP contribution in [-0.4, -0.2) is 27.6 Å². The molecule has 4 aromatic rings. The molecule has 0 aliphatic carbocycles. The van der Waals surface area contributed by atoms with Gasteiger partial charge < -0.3 is 23.1 Å². The lowest BCUT2D eigenvalue weighted by molar-refractivity contribution is 0.0468. The van der Waals surface area contributed by atoms with E-state index < -0.39 is 5.97 Å². The Labute approximate surface area is 173 Å². The second-order valence-electron chi connectivity index (χ2n) is 6.73. The molecule has 4 rings (SSSR count). The van der Waals surface area contributed by atoms with E-state index in [0.717, 1.165) is 16.9 Å². The highest BCUT2D eigenvalue weighted by Crippen LogP contribution is 2.30. The molecule has 0 bridgehead atoms. The van der Waals surface area contributed by atoms with Crippen molar-refractivity contribution in [1.29, 1.82) is 0 Å². The number of ether oxygens (including phenoxy) is 3. The zero-order valence-electron chi connectivity index (χ0n) is 16.9. The highest BCUT2D eigenvalue weighted by molar-refractivity contribution is 5.90. The molecule has 0 aliphatic rings. The molecule has 0 radical (unpaired) electrons. The van der Waals surface area contributed by atoms with Gasteiger partial charge in [0.1, 0.15) is 24.6 Å². The molecule has 0 saturated heterocycles. The minimum absolute atomic E-state index is 0.0765. The predicted molar refractivity (Wildman–Crippen MR) is 108 cm³/mol. The van der Waals surface area contributed by atoms with Crippen LogP contribution < -0.4 is 9.47 Å². The molecular formula is C22H21N3O5. The smallest absolute Gasteiger partial charge is 0.338 e. The van der Waals surface area contributed by atoms with Crippen LogP contribution in [0.25, 0.3) is 5.65 Å². The molecule has 8 heteroatoms. The number of imidazole rings is 1. The normalized spacial score (nSPS) is 10.9. The first-order valence-corrected chi connectivity index (χ1v) is 9.37. The number of carbonyl (C=O) groups excluding carboxylic acids is 1. The van der Waals surface area contributed by atoms with Crippen LogP contribution in [0, 0.1) is 13.8 Å². The van der Waals surface area contributed by atoms with Gasteiger partial charge >= 0.3 is 5.97 Å². The minimum Gasteiger partial charge on any atom is -0.493 e. The molecule has 0 aliphatic heterocycles. The van der Waals surface area contributed by atoms with E-state index in [1.165, 1.54) is 7.11 Å². The van der Waals surface area contributed by atoms with Crippen molar-refractivity contribution in [2.24, 2.45) is 0 Å². The standard InChI is InChI=1S/C22H21N3O5/c1-14-18(15(2)30-24-14)13-28-19-8-7-16(10-20(19)27-3)22(26)29-12-17-11-25-9-5-4-6-21(25)23-17/h4-11H,12-13H2,1-3H3. The van der Waals surface area contributed by atoms with E-state index in [1.54, 1.807) is 18.2 Å². The number of aryl methyl sites for hydroxylation is 2. The number of hydrogen-bond acceptors (Lipinski definition) is 7. The third kappa shape index (κ3) is 3.98. The lowest BCUT2D eigenvalue weighted by atomic mass is 10.2. The topological polar surface area (TPSA) is 88.1 Å². The maximum atomic E-state index is 12.5. The van der Waals surface area contributed by atoms with Gasteiger partial charge in [0.2, 0.25) is 0 Å². The summed E-state index contributed by atoms with van der Waals surface area (Å²) in [6, 6.07) is 10.6. The van der Waals surface area contributed by atoms with Gasteiger partial charge in [0, 0.05) is 12.4 Å². The number of carbonyl (C=O) groups is 1. The van der Waals surface area contributed by atoms with Gasteiger partial charge in [0.15, 0.2) is 11.5 Å². The Kier molecular flexibility index (Phi) is 5.38. The molecule has 0 unspecified atom stereocenters. The Morgan fingerprint density at radius 1 is 1.13 bits per heavy atom. The predicted octanol–water partition coefficient (Wildman–Crippen LogP) is 3.88. The van der Waals surface area contributed by atoms with E-state index in [1.807, 2.05) is 48.8 Å². The fourth-order valence-electron chi connectivity index (χ4n) is 3.05. The van der Waals surface area contributed by atoms with Crippen molar-refractivity contribution in [3.8, 4) is 11.5 Å². The Morgan fingerprint density at radius 3 is 2.73 bits per heavy atom. The molecule has 154 valence electrons. The SMILES string of the molecule is COc1cc(C(=O)OCc2cn3ccccc3n2)ccc1OCc1c(C)noc1C. The quantitative estimate of drug-likeness (QED) is 0.430. The van der Waals surface area contributed by atoms with Crippen LogP contribution in [0.3, 0.4) is 0 Å². The Balaban J connectivity index is 1.42. The maximum Gasteiger partial charge on any atom is 0.338 e. The number of methoxy groups -OCH3 is 1. The van der Waals surface area contributed by atoms with Crippen LogP contribution in [0.5, 0.6) is 11.5 Å². The largest absolute Gasteiger partial charge is 0.493 e. The Morgan fingerprint density at radius 2 is 2.00 bits per heavy atom. The van der Waals surface area contributed by atoms with Crippen molar-refractivity contribution in [3.05, 3.63) is 77.1 Å². The van der Waals surface area contributed by atoms with Crippen molar-refractivity contribution in [3.63, 3.8) is 0 Å². The Hall–Kier alpha value is -3.81. The number of hydrogen-bond donors (Lipinski definition) is 0. The summed E-state index contributed by atoms with van der Waals surface area (Å²) in [5, 5.41) is 3.91. The van der Waals surface area contributed by atoms with E-state index in [9.17, 15) is 4.79 Å². The molecular weight excluding hydrogens is 386 g/mol. The van der Waals surface area contributed by atoms with Crippen LogP contribution in [0.4, 0.5) is 0 Å². The van der Waals surface area contributed by atoms with E-state index in [0.29, 0.717) is 28.5 Å². The van der Waals surface area contributed by atoms with Crippen LogP contribution in [-0.2, 0) is 18.0 Å². The van der Waals surface area contributed by atoms with E-state index in [-0.39, 0.29) is 13.2 Å². The lowest BCUT2D eigenvalue weighted by Crippen LogP contribution is -2.06. The van der Waals surface area contributed by atoms with Gasteiger partial charge in [-0.05, 0) is 44.2 Å². The summed E-state index contributed by atoms with van der Waals surface area (Å²) in [6.07, 6.45) is 3.72. The Bertz CT molecular complexity index is 1140. The summed E-state index contributed by atoms with van der Waals surface area (Å²) in [7, 11) is 1.52. The van der Waals surface area contributed by atoms with Crippen LogP contribution in [0.1, 0.15) is 33.1 Å². The van der Waals surface area contributed by atoms with E-state index in [2.05, 4.69) is 10.1 Å².